The minimum Gasteiger partial charge on any atom is -0.463 e. The van der Waals surface area contributed by atoms with Gasteiger partial charge in [0.15, 0.2) is 0 Å². The number of hydrogen-bond donors (Lipinski definition) is 0. The number of anilines is 2. The van der Waals surface area contributed by atoms with Gasteiger partial charge in [0.1, 0.15) is 24.7 Å². The van der Waals surface area contributed by atoms with Crippen LogP contribution in [0.5, 0.6) is 0 Å². The molecule has 2 aliphatic heterocycles. The summed E-state index contributed by atoms with van der Waals surface area (Å²) in [5, 5.41) is 4.45. The Bertz CT molecular complexity index is 1340. The van der Waals surface area contributed by atoms with Crippen LogP contribution >= 0.6 is 0 Å². The predicted octanol–water partition coefficient (Wildman–Crippen LogP) is 3.32. The maximum atomic E-state index is 13.4. The number of hydrogen-bond acceptors (Lipinski definition) is 7. The number of halogens is 1. The van der Waals surface area contributed by atoms with Crippen molar-refractivity contribution in [3.05, 3.63) is 83.1 Å². The lowest BCUT2D eigenvalue weighted by atomic mass is 9.94. The van der Waals surface area contributed by atoms with Crippen molar-refractivity contribution in [2.24, 2.45) is 0 Å². The minimum absolute atomic E-state index is 0.0185. The van der Waals surface area contributed by atoms with Crippen molar-refractivity contribution >= 4 is 23.5 Å². The molecule has 0 N–H and O–H groups in total. The number of esters is 1. The largest absolute Gasteiger partial charge is 0.463 e. The van der Waals surface area contributed by atoms with Gasteiger partial charge in [0.05, 0.1) is 12.2 Å². The standard InChI is InChI=1S/C28H31FN6O3/c1-4-38-27(37)25-20(3)34(28-30-18-31-35(28)26(25)21-7-5-19(2)6-8-21)17-24(36)33-15-13-32(14-16-33)23-11-9-22(29)10-12-23/h5-12,18,26H,4,13-17H2,1-3H3/t26-/m0/s1. The van der Waals surface area contributed by atoms with Gasteiger partial charge in [-0.25, -0.2) is 13.9 Å². The van der Waals surface area contributed by atoms with E-state index in [1.165, 1.54) is 18.5 Å². The number of carbonyl (C=O) groups is 2. The van der Waals surface area contributed by atoms with Crippen molar-refractivity contribution in [1.82, 2.24) is 19.7 Å². The van der Waals surface area contributed by atoms with E-state index in [1.807, 2.05) is 43.0 Å². The smallest absolute Gasteiger partial charge is 0.338 e. The third kappa shape index (κ3) is 4.85. The zero-order valence-corrected chi connectivity index (χ0v) is 21.8. The van der Waals surface area contributed by atoms with E-state index in [2.05, 4.69) is 15.0 Å². The number of piperazine rings is 1. The highest BCUT2D eigenvalue weighted by Crippen LogP contribution is 2.38. The van der Waals surface area contributed by atoms with Crippen molar-refractivity contribution in [2.45, 2.75) is 26.8 Å². The van der Waals surface area contributed by atoms with E-state index in [-0.39, 0.29) is 24.9 Å². The maximum Gasteiger partial charge on any atom is 0.338 e. The Labute approximate surface area is 221 Å². The van der Waals surface area contributed by atoms with Crippen LogP contribution in [0.25, 0.3) is 0 Å². The second-order valence-corrected chi connectivity index (χ2v) is 9.47. The summed E-state index contributed by atoms with van der Waals surface area (Å²) in [6.45, 7) is 8.22. The first kappa shape index (κ1) is 25.4. The quantitative estimate of drug-likeness (QED) is 0.463. The van der Waals surface area contributed by atoms with Gasteiger partial charge in [0.25, 0.3) is 0 Å². The number of ether oxygens (including phenoxy) is 1. The molecule has 1 saturated heterocycles. The van der Waals surface area contributed by atoms with Crippen LogP contribution < -0.4 is 9.80 Å². The van der Waals surface area contributed by atoms with E-state index in [4.69, 9.17) is 4.74 Å². The van der Waals surface area contributed by atoms with Crippen LogP contribution in [0.4, 0.5) is 16.0 Å². The number of allylic oxidation sites excluding steroid dienone is 1. The molecule has 38 heavy (non-hydrogen) atoms. The molecule has 198 valence electrons. The van der Waals surface area contributed by atoms with Crippen molar-refractivity contribution in [1.29, 1.82) is 0 Å². The first-order valence-electron chi connectivity index (χ1n) is 12.8. The number of aromatic nitrogens is 3. The second-order valence-electron chi connectivity index (χ2n) is 9.47. The average Bonchev–Trinajstić information content (AvgIpc) is 3.41. The molecule has 1 atom stereocenters. The van der Waals surface area contributed by atoms with Gasteiger partial charge in [-0.05, 0) is 50.6 Å². The summed E-state index contributed by atoms with van der Waals surface area (Å²) in [5.74, 6) is -0.289. The fourth-order valence-corrected chi connectivity index (χ4v) is 5.05. The summed E-state index contributed by atoms with van der Waals surface area (Å²) in [5.41, 5.74) is 3.97. The first-order valence-corrected chi connectivity index (χ1v) is 12.8. The molecule has 0 saturated carbocycles. The number of rotatable bonds is 6. The molecule has 2 aliphatic rings. The molecule has 2 aromatic carbocycles. The van der Waals surface area contributed by atoms with E-state index < -0.39 is 12.0 Å². The Morgan fingerprint density at radius 2 is 1.68 bits per heavy atom. The first-order chi connectivity index (χ1) is 18.4. The molecule has 9 nitrogen and oxygen atoms in total. The van der Waals surface area contributed by atoms with E-state index in [9.17, 15) is 14.0 Å². The van der Waals surface area contributed by atoms with E-state index >= 15 is 0 Å². The molecule has 1 aromatic heterocycles. The van der Waals surface area contributed by atoms with Crippen molar-refractivity contribution in [3.63, 3.8) is 0 Å². The lowest BCUT2D eigenvalue weighted by Crippen LogP contribution is -2.52. The molecule has 0 radical (unpaired) electrons. The molecule has 3 aromatic rings. The fourth-order valence-electron chi connectivity index (χ4n) is 5.05. The molecule has 5 rings (SSSR count). The Kier molecular flexibility index (Phi) is 7.13. The number of aryl methyl sites for hydroxylation is 1. The molecular formula is C28H31FN6O3. The molecule has 0 aliphatic carbocycles. The molecular weight excluding hydrogens is 487 g/mol. The van der Waals surface area contributed by atoms with E-state index in [0.717, 1.165) is 16.8 Å². The summed E-state index contributed by atoms with van der Waals surface area (Å²) in [6, 6.07) is 13.8. The Morgan fingerprint density at radius 3 is 2.34 bits per heavy atom. The van der Waals surface area contributed by atoms with Crippen molar-refractivity contribution in [2.75, 3.05) is 49.1 Å². The molecule has 1 fully saturated rings. The SMILES string of the molecule is CCOC(=O)C1=C(C)N(CC(=O)N2CCN(c3ccc(F)cc3)CC2)c2ncnn2[C@H]1c1ccc(C)cc1. The molecule has 10 heteroatoms. The predicted molar refractivity (Wildman–Crippen MR) is 141 cm³/mol. The van der Waals surface area contributed by atoms with Gasteiger partial charge in [0, 0.05) is 37.6 Å². The monoisotopic (exact) mass is 518 g/mol. The second kappa shape index (κ2) is 10.6. The van der Waals surface area contributed by atoms with Gasteiger partial charge in [-0.1, -0.05) is 29.8 Å². The summed E-state index contributed by atoms with van der Waals surface area (Å²) in [7, 11) is 0. The highest BCUT2D eigenvalue weighted by Gasteiger charge is 2.39. The fraction of sp³-hybridized carbons (Fsp3) is 0.357. The van der Waals surface area contributed by atoms with Crippen LogP contribution in [-0.4, -0.2) is 70.9 Å². The van der Waals surface area contributed by atoms with Crippen molar-refractivity contribution in [3.8, 4) is 0 Å². The van der Waals surface area contributed by atoms with Crippen LogP contribution in [0.3, 0.4) is 0 Å². The van der Waals surface area contributed by atoms with Crippen LogP contribution in [0.2, 0.25) is 0 Å². The molecule has 3 heterocycles. The van der Waals surface area contributed by atoms with Gasteiger partial charge in [-0.3, -0.25) is 4.79 Å². The zero-order chi connectivity index (χ0) is 26.8. The third-order valence-electron chi connectivity index (χ3n) is 7.11. The topological polar surface area (TPSA) is 83.8 Å². The Hall–Kier alpha value is -4.21. The molecule has 0 bridgehead atoms. The molecule has 0 unspecified atom stereocenters. The number of benzene rings is 2. The summed E-state index contributed by atoms with van der Waals surface area (Å²) in [6.07, 6.45) is 1.44. The van der Waals surface area contributed by atoms with Crippen molar-refractivity contribution < 1.29 is 18.7 Å². The highest BCUT2D eigenvalue weighted by molar-refractivity contribution is 5.93. The zero-order valence-electron chi connectivity index (χ0n) is 21.8. The highest BCUT2D eigenvalue weighted by atomic mass is 19.1. The number of fused-ring (bicyclic) bond motifs is 1. The minimum atomic E-state index is -0.516. The average molecular weight is 519 g/mol. The number of amides is 1. The van der Waals surface area contributed by atoms with Crippen LogP contribution in [0.1, 0.15) is 31.0 Å². The van der Waals surface area contributed by atoms with Gasteiger partial charge < -0.3 is 19.4 Å². The van der Waals surface area contributed by atoms with Crippen LogP contribution in [-0.2, 0) is 14.3 Å². The van der Waals surface area contributed by atoms with E-state index in [0.29, 0.717) is 43.4 Å². The Morgan fingerprint density at radius 1 is 1.00 bits per heavy atom. The molecule has 1 amide bonds. The summed E-state index contributed by atoms with van der Waals surface area (Å²) < 4.78 is 20.4. The summed E-state index contributed by atoms with van der Waals surface area (Å²) >= 11 is 0. The third-order valence-corrected chi connectivity index (χ3v) is 7.11. The van der Waals surface area contributed by atoms with Crippen LogP contribution in [0, 0.1) is 12.7 Å². The normalized spacial score (nSPS) is 17.5. The van der Waals surface area contributed by atoms with Gasteiger partial charge in [-0.2, -0.15) is 10.1 Å². The lowest BCUT2D eigenvalue weighted by molar-refractivity contribution is -0.139. The maximum absolute atomic E-state index is 13.4. The number of carbonyl (C=O) groups excluding carboxylic acids is 2. The summed E-state index contributed by atoms with van der Waals surface area (Å²) in [4.78, 5) is 36.8. The van der Waals surface area contributed by atoms with Gasteiger partial charge in [0.2, 0.25) is 11.9 Å². The number of nitrogens with zero attached hydrogens (tertiary/aromatic N) is 6. The van der Waals surface area contributed by atoms with Gasteiger partial charge >= 0.3 is 5.97 Å². The molecule has 0 spiro atoms. The van der Waals surface area contributed by atoms with E-state index in [1.54, 1.807) is 28.6 Å². The van der Waals surface area contributed by atoms with Crippen LogP contribution in [0.15, 0.2) is 66.1 Å². The Balaban J connectivity index is 1.39. The lowest BCUT2D eigenvalue weighted by Gasteiger charge is -2.39. The van der Waals surface area contributed by atoms with Gasteiger partial charge in [-0.15, -0.1) is 0 Å².